The maximum atomic E-state index is 12.4. The molecule has 1 aromatic rings. The third-order valence-corrected chi connectivity index (χ3v) is 5.34. The van der Waals surface area contributed by atoms with Gasteiger partial charge in [-0.2, -0.15) is 0 Å². The van der Waals surface area contributed by atoms with Crippen LogP contribution in [-0.2, 0) is 14.8 Å². The van der Waals surface area contributed by atoms with Crippen molar-refractivity contribution in [2.45, 2.75) is 51.0 Å². The van der Waals surface area contributed by atoms with E-state index in [0.29, 0.717) is 11.3 Å². The van der Waals surface area contributed by atoms with Gasteiger partial charge >= 0.3 is 5.97 Å². The molecule has 1 saturated carbocycles. The second kappa shape index (κ2) is 5.57. The molecule has 0 atom stereocenters. The largest absolute Gasteiger partial charge is 0.461 e. The first-order valence-corrected chi connectivity index (χ1v) is 8.23. The molecule has 1 aliphatic rings. The lowest BCUT2D eigenvalue weighted by atomic mass is 9.94. The Morgan fingerprint density at radius 1 is 1.40 bits per heavy atom. The maximum absolute atomic E-state index is 12.4. The lowest BCUT2D eigenvalue weighted by molar-refractivity contribution is 0.0519. The number of aryl methyl sites for hydroxylation is 1. The van der Waals surface area contributed by atoms with E-state index in [1.165, 1.54) is 0 Å². The smallest absolute Gasteiger partial charge is 0.355 e. The molecule has 0 unspecified atom stereocenters. The minimum atomic E-state index is -3.60. The van der Waals surface area contributed by atoms with E-state index in [4.69, 9.17) is 4.74 Å². The van der Waals surface area contributed by atoms with Gasteiger partial charge in [-0.25, -0.2) is 17.9 Å². The number of carbonyl (C=O) groups excluding carboxylic acids is 1. The van der Waals surface area contributed by atoms with Crippen molar-refractivity contribution in [2.75, 3.05) is 6.61 Å². The summed E-state index contributed by atoms with van der Waals surface area (Å²) >= 11 is 0. The summed E-state index contributed by atoms with van der Waals surface area (Å²) in [6, 6.07) is 0.0137. The standard InChI is InChI=1S/C13H20N2O4S/c1-4-19-13(16)11-8(2)12(9(3)14-11)20(17,18)15-10-6-5-7-10/h10,14-15H,4-7H2,1-3H3. The Labute approximate surface area is 119 Å². The van der Waals surface area contributed by atoms with Crippen LogP contribution in [0.15, 0.2) is 4.90 Å². The minimum absolute atomic E-state index is 0.0137. The van der Waals surface area contributed by atoms with Gasteiger partial charge in [-0.1, -0.05) is 6.42 Å². The van der Waals surface area contributed by atoms with Gasteiger partial charge in [-0.3, -0.25) is 0 Å². The lowest BCUT2D eigenvalue weighted by Crippen LogP contribution is -2.39. The normalized spacial score (nSPS) is 15.9. The fourth-order valence-electron chi connectivity index (χ4n) is 2.35. The lowest BCUT2D eigenvalue weighted by Gasteiger charge is -2.26. The fraction of sp³-hybridized carbons (Fsp3) is 0.615. The summed E-state index contributed by atoms with van der Waals surface area (Å²) in [5.41, 5.74) is 1.07. The first kappa shape index (κ1) is 15.1. The van der Waals surface area contributed by atoms with E-state index >= 15 is 0 Å². The summed E-state index contributed by atoms with van der Waals surface area (Å²) in [5.74, 6) is -0.529. The molecular formula is C13H20N2O4S. The van der Waals surface area contributed by atoms with Crippen LogP contribution in [0.1, 0.15) is 47.9 Å². The monoisotopic (exact) mass is 300 g/mol. The van der Waals surface area contributed by atoms with Crippen LogP contribution < -0.4 is 4.72 Å². The molecule has 0 radical (unpaired) electrons. The van der Waals surface area contributed by atoms with Crippen molar-refractivity contribution < 1.29 is 17.9 Å². The number of carbonyl (C=O) groups is 1. The van der Waals surface area contributed by atoms with Gasteiger partial charge in [0.1, 0.15) is 10.6 Å². The van der Waals surface area contributed by atoms with Crippen molar-refractivity contribution in [3.8, 4) is 0 Å². The van der Waals surface area contributed by atoms with Crippen LogP contribution in [0.4, 0.5) is 0 Å². The van der Waals surface area contributed by atoms with E-state index in [1.807, 2.05) is 0 Å². The summed E-state index contributed by atoms with van der Waals surface area (Å²) in [4.78, 5) is 14.8. The molecule has 0 bridgehead atoms. The maximum Gasteiger partial charge on any atom is 0.355 e. The number of nitrogens with one attached hydrogen (secondary N) is 2. The second-order valence-electron chi connectivity index (χ2n) is 5.05. The third-order valence-electron chi connectivity index (χ3n) is 3.54. The Hall–Kier alpha value is -1.34. The van der Waals surface area contributed by atoms with E-state index in [9.17, 15) is 13.2 Å². The zero-order chi connectivity index (χ0) is 14.9. The zero-order valence-corrected chi connectivity index (χ0v) is 12.8. The Balaban J connectivity index is 2.34. The molecule has 0 saturated heterocycles. The van der Waals surface area contributed by atoms with Gasteiger partial charge in [0.15, 0.2) is 0 Å². The summed E-state index contributed by atoms with van der Waals surface area (Å²) in [6.07, 6.45) is 2.78. The molecule has 0 aliphatic heterocycles. The van der Waals surface area contributed by atoms with Gasteiger partial charge in [0.2, 0.25) is 10.0 Å². The molecule has 7 heteroatoms. The van der Waals surface area contributed by atoms with Crippen molar-refractivity contribution in [1.82, 2.24) is 9.71 Å². The van der Waals surface area contributed by atoms with Crippen molar-refractivity contribution in [2.24, 2.45) is 0 Å². The first-order chi connectivity index (χ1) is 9.36. The van der Waals surface area contributed by atoms with E-state index in [-0.39, 0.29) is 23.2 Å². The van der Waals surface area contributed by atoms with Crippen LogP contribution in [-0.4, -0.2) is 32.0 Å². The van der Waals surface area contributed by atoms with E-state index in [0.717, 1.165) is 19.3 Å². The Bertz CT molecular complexity index is 615. The highest BCUT2D eigenvalue weighted by atomic mass is 32.2. The fourth-order valence-corrected chi connectivity index (χ4v) is 4.10. The van der Waals surface area contributed by atoms with Gasteiger partial charge in [-0.05, 0) is 33.6 Å². The highest BCUT2D eigenvalue weighted by Gasteiger charge is 2.30. The number of sulfonamides is 1. The van der Waals surface area contributed by atoms with Crippen LogP contribution in [0.25, 0.3) is 0 Å². The van der Waals surface area contributed by atoms with Crippen molar-refractivity contribution in [3.63, 3.8) is 0 Å². The van der Waals surface area contributed by atoms with E-state index in [2.05, 4.69) is 9.71 Å². The van der Waals surface area contributed by atoms with Gasteiger partial charge in [0.25, 0.3) is 0 Å². The molecule has 1 aromatic heterocycles. The SMILES string of the molecule is CCOC(=O)c1[nH]c(C)c(S(=O)(=O)NC2CCC2)c1C. The molecule has 2 N–H and O–H groups in total. The van der Waals surface area contributed by atoms with E-state index in [1.54, 1.807) is 20.8 Å². The molecule has 0 amide bonds. The minimum Gasteiger partial charge on any atom is -0.461 e. The third kappa shape index (κ3) is 2.73. The molecule has 1 aliphatic carbocycles. The number of H-pyrrole nitrogens is 1. The Kier molecular flexibility index (Phi) is 4.19. The molecule has 20 heavy (non-hydrogen) atoms. The Morgan fingerprint density at radius 3 is 2.55 bits per heavy atom. The van der Waals surface area contributed by atoms with Gasteiger partial charge in [0.05, 0.1) is 6.61 Å². The number of esters is 1. The summed E-state index contributed by atoms with van der Waals surface area (Å²) in [5, 5.41) is 0. The van der Waals surface area contributed by atoms with Crippen molar-refractivity contribution in [3.05, 3.63) is 17.0 Å². The number of aromatic nitrogens is 1. The molecule has 1 fully saturated rings. The molecule has 1 heterocycles. The van der Waals surface area contributed by atoms with Gasteiger partial charge < -0.3 is 9.72 Å². The topological polar surface area (TPSA) is 88.3 Å². The van der Waals surface area contributed by atoms with Crippen molar-refractivity contribution in [1.29, 1.82) is 0 Å². The number of rotatable bonds is 5. The summed E-state index contributed by atoms with van der Waals surface area (Å²) in [6.45, 7) is 5.22. The van der Waals surface area contributed by atoms with E-state index < -0.39 is 16.0 Å². The molecule has 112 valence electrons. The average Bonchev–Trinajstić information content (AvgIpc) is 2.61. The quantitative estimate of drug-likeness (QED) is 0.809. The Morgan fingerprint density at radius 2 is 2.05 bits per heavy atom. The highest BCUT2D eigenvalue weighted by Crippen LogP contribution is 2.26. The summed E-state index contributed by atoms with van der Waals surface area (Å²) in [7, 11) is -3.60. The number of hydrogen-bond acceptors (Lipinski definition) is 4. The molecular weight excluding hydrogens is 280 g/mol. The van der Waals surface area contributed by atoms with Crippen LogP contribution in [0.5, 0.6) is 0 Å². The van der Waals surface area contributed by atoms with Crippen LogP contribution >= 0.6 is 0 Å². The average molecular weight is 300 g/mol. The van der Waals surface area contributed by atoms with Crippen LogP contribution in [0, 0.1) is 13.8 Å². The summed E-state index contributed by atoms with van der Waals surface area (Å²) < 4.78 is 32.4. The van der Waals surface area contributed by atoms with Gasteiger partial charge in [0, 0.05) is 17.3 Å². The molecule has 0 aromatic carbocycles. The predicted octanol–water partition coefficient (Wildman–Crippen LogP) is 1.64. The van der Waals surface area contributed by atoms with Crippen LogP contribution in [0.2, 0.25) is 0 Å². The number of hydrogen-bond donors (Lipinski definition) is 2. The number of aromatic amines is 1. The van der Waals surface area contributed by atoms with Crippen molar-refractivity contribution >= 4 is 16.0 Å². The van der Waals surface area contributed by atoms with Crippen LogP contribution in [0.3, 0.4) is 0 Å². The first-order valence-electron chi connectivity index (χ1n) is 6.75. The second-order valence-corrected chi connectivity index (χ2v) is 6.70. The number of ether oxygens (including phenoxy) is 1. The molecule has 0 spiro atoms. The molecule has 6 nitrogen and oxygen atoms in total. The zero-order valence-electron chi connectivity index (χ0n) is 11.9. The molecule has 2 rings (SSSR count). The van der Waals surface area contributed by atoms with Gasteiger partial charge in [-0.15, -0.1) is 0 Å². The highest BCUT2D eigenvalue weighted by molar-refractivity contribution is 7.89. The predicted molar refractivity (Wildman–Crippen MR) is 74.2 cm³/mol.